The molecular weight excluding hydrogens is 236 g/mol. The van der Waals surface area contributed by atoms with Crippen molar-refractivity contribution in [3.05, 3.63) is 42.0 Å². The Morgan fingerprint density at radius 2 is 1.94 bits per heavy atom. The molecule has 0 atom stereocenters. The number of alkyl halides is 2. The summed E-state index contributed by atoms with van der Waals surface area (Å²) in [5.41, 5.74) is 2.23. The van der Waals surface area contributed by atoms with Gasteiger partial charge < -0.3 is 9.64 Å². The van der Waals surface area contributed by atoms with Crippen LogP contribution in [0.5, 0.6) is 5.75 Å². The zero-order chi connectivity index (χ0) is 13.5. The normalized spacial score (nSPS) is 11.0. The minimum Gasteiger partial charge on any atom is -0.435 e. The predicted molar refractivity (Wildman–Crippen MR) is 68.8 cm³/mol. The van der Waals surface area contributed by atoms with Crippen LogP contribution in [0.1, 0.15) is 18.9 Å². The number of ether oxygens (including phenoxy) is 1. The van der Waals surface area contributed by atoms with Crippen molar-refractivity contribution in [2.24, 2.45) is 0 Å². The Balaban J connectivity index is 2.45. The summed E-state index contributed by atoms with van der Waals surface area (Å²) in [6.07, 6.45) is 0.961. The van der Waals surface area contributed by atoms with Gasteiger partial charge in [-0.25, -0.2) is 0 Å². The van der Waals surface area contributed by atoms with Gasteiger partial charge in [-0.3, -0.25) is 0 Å². The lowest BCUT2D eigenvalue weighted by atomic mass is 10.2. The summed E-state index contributed by atoms with van der Waals surface area (Å²) in [4.78, 5) is 2.16. The van der Waals surface area contributed by atoms with Gasteiger partial charge in [-0.05, 0) is 38.1 Å². The molecule has 1 aromatic rings. The molecule has 0 fully saturated rings. The van der Waals surface area contributed by atoms with E-state index in [-0.39, 0.29) is 5.75 Å². The molecule has 0 saturated heterocycles. The van der Waals surface area contributed by atoms with Gasteiger partial charge in [0.25, 0.3) is 0 Å². The van der Waals surface area contributed by atoms with Gasteiger partial charge in [0.2, 0.25) is 0 Å². The van der Waals surface area contributed by atoms with Crippen molar-refractivity contribution in [2.45, 2.75) is 26.5 Å². The second-order valence-corrected chi connectivity index (χ2v) is 4.47. The fraction of sp³-hybridized carbons (Fsp3) is 0.429. The van der Waals surface area contributed by atoms with Gasteiger partial charge in [-0.1, -0.05) is 17.7 Å². The van der Waals surface area contributed by atoms with Gasteiger partial charge in [-0.15, -0.1) is 6.58 Å². The Bertz CT molecular complexity index is 376. The molecule has 0 aliphatic rings. The molecule has 0 bridgehead atoms. The first-order chi connectivity index (χ1) is 8.47. The highest BCUT2D eigenvalue weighted by Gasteiger charge is 2.05. The summed E-state index contributed by atoms with van der Waals surface area (Å²) in [7, 11) is 2.02. The molecule has 2 nitrogen and oxygen atoms in total. The maximum Gasteiger partial charge on any atom is 0.387 e. The maximum atomic E-state index is 12.0. The van der Waals surface area contributed by atoms with Gasteiger partial charge in [0.1, 0.15) is 5.75 Å². The Labute approximate surface area is 107 Å². The third-order valence-electron chi connectivity index (χ3n) is 2.52. The molecule has 0 N–H and O–H groups in total. The predicted octanol–water partition coefficient (Wildman–Crippen LogP) is 3.69. The van der Waals surface area contributed by atoms with Crippen LogP contribution in [0.15, 0.2) is 36.4 Å². The molecule has 0 radical (unpaired) electrons. The van der Waals surface area contributed by atoms with Gasteiger partial charge in [0.15, 0.2) is 0 Å². The molecule has 0 aromatic heterocycles. The minimum absolute atomic E-state index is 0.193. The molecule has 0 aliphatic heterocycles. The molecule has 0 aliphatic carbocycles. The highest BCUT2D eigenvalue weighted by molar-refractivity contribution is 5.27. The smallest absolute Gasteiger partial charge is 0.387 e. The standard InChI is InChI=1S/C14H19F2NO/c1-11(2)8-9-17(3)10-12-4-6-13(7-5-12)18-14(15)16/h4-7,14H,1,8-10H2,2-3H3. The van der Waals surface area contributed by atoms with E-state index in [0.717, 1.165) is 30.6 Å². The van der Waals surface area contributed by atoms with Crippen molar-refractivity contribution >= 4 is 0 Å². The van der Waals surface area contributed by atoms with E-state index in [1.54, 1.807) is 24.3 Å². The van der Waals surface area contributed by atoms with Crippen LogP contribution in [0.2, 0.25) is 0 Å². The van der Waals surface area contributed by atoms with E-state index in [9.17, 15) is 8.78 Å². The molecule has 0 amide bonds. The average Bonchev–Trinajstić information content (AvgIpc) is 2.28. The Morgan fingerprint density at radius 1 is 1.33 bits per heavy atom. The van der Waals surface area contributed by atoms with Gasteiger partial charge in [0.05, 0.1) is 0 Å². The van der Waals surface area contributed by atoms with Crippen LogP contribution < -0.4 is 4.74 Å². The molecule has 0 unspecified atom stereocenters. The molecule has 0 spiro atoms. The van der Waals surface area contributed by atoms with Gasteiger partial charge in [0, 0.05) is 13.1 Å². The van der Waals surface area contributed by atoms with Gasteiger partial charge >= 0.3 is 6.61 Å². The van der Waals surface area contributed by atoms with Crippen molar-refractivity contribution in [2.75, 3.05) is 13.6 Å². The van der Waals surface area contributed by atoms with Crippen molar-refractivity contribution in [3.8, 4) is 5.75 Å². The Kier molecular flexibility index (Phi) is 5.78. The quantitative estimate of drug-likeness (QED) is 0.689. The fourth-order valence-electron chi connectivity index (χ4n) is 1.55. The molecule has 1 rings (SSSR count). The molecule has 4 heteroatoms. The zero-order valence-corrected chi connectivity index (χ0v) is 10.8. The van der Waals surface area contributed by atoms with E-state index >= 15 is 0 Å². The van der Waals surface area contributed by atoms with Crippen LogP contribution in [0.3, 0.4) is 0 Å². The van der Waals surface area contributed by atoms with Crippen LogP contribution in [0.4, 0.5) is 8.78 Å². The highest BCUT2D eigenvalue weighted by Crippen LogP contribution is 2.15. The lowest BCUT2D eigenvalue weighted by Gasteiger charge is -2.16. The van der Waals surface area contributed by atoms with E-state index < -0.39 is 6.61 Å². The summed E-state index contributed by atoms with van der Waals surface area (Å²) in [5.74, 6) is 0.193. The van der Waals surface area contributed by atoms with E-state index in [1.165, 1.54) is 0 Å². The topological polar surface area (TPSA) is 12.5 Å². The largest absolute Gasteiger partial charge is 0.435 e. The molecule has 100 valence electrons. The second kappa shape index (κ2) is 7.11. The van der Waals surface area contributed by atoms with Crippen LogP contribution in [0.25, 0.3) is 0 Å². The number of halogens is 2. The lowest BCUT2D eigenvalue weighted by molar-refractivity contribution is -0.0498. The fourth-order valence-corrected chi connectivity index (χ4v) is 1.55. The number of nitrogens with zero attached hydrogens (tertiary/aromatic N) is 1. The summed E-state index contributed by atoms with van der Waals surface area (Å²) < 4.78 is 28.2. The summed E-state index contributed by atoms with van der Waals surface area (Å²) in [5, 5.41) is 0. The number of hydrogen-bond donors (Lipinski definition) is 0. The third kappa shape index (κ3) is 5.77. The Morgan fingerprint density at radius 3 is 2.44 bits per heavy atom. The third-order valence-corrected chi connectivity index (χ3v) is 2.52. The summed E-state index contributed by atoms with van der Waals surface area (Å²) in [6, 6.07) is 6.73. The lowest BCUT2D eigenvalue weighted by Crippen LogP contribution is -2.19. The SMILES string of the molecule is C=C(C)CCN(C)Cc1ccc(OC(F)F)cc1. The van der Waals surface area contributed by atoms with E-state index in [4.69, 9.17) is 0 Å². The molecule has 1 aromatic carbocycles. The molecule has 0 heterocycles. The van der Waals surface area contributed by atoms with Crippen LogP contribution >= 0.6 is 0 Å². The summed E-state index contributed by atoms with van der Waals surface area (Å²) in [6.45, 7) is 4.81. The first-order valence-electron chi connectivity index (χ1n) is 5.84. The highest BCUT2D eigenvalue weighted by atomic mass is 19.3. The second-order valence-electron chi connectivity index (χ2n) is 4.47. The number of hydrogen-bond acceptors (Lipinski definition) is 2. The average molecular weight is 255 g/mol. The minimum atomic E-state index is -2.77. The van der Waals surface area contributed by atoms with Crippen LogP contribution in [0, 0.1) is 0 Å². The summed E-state index contributed by atoms with van der Waals surface area (Å²) >= 11 is 0. The molecule has 0 saturated carbocycles. The van der Waals surface area contributed by atoms with E-state index in [0.29, 0.717) is 0 Å². The van der Waals surface area contributed by atoms with Crippen molar-refractivity contribution in [1.82, 2.24) is 4.90 Å². The Hall–Kier alpha value is -1.42. The number of benzene rings is 1. The first kappa shape index (κ1) is 14.6. The van der Waals surface area contributed by atoms with Crippen LogP contribution in [-0.4, -0.2) is 25.1 Å². The van der Waals surface area contributed by atoms with Gasteiger partial charge in [-0.2, -0.15) is 8.78 Å². The van der Waals surface area contributed by atoms with E-state index in [1.807, 2.05) is 14.0 Å². The van der Waals surface area contributed by atoms with Crippen molar-refractivity contribution in [3.63, 3.8) is 0 Å². The van der Waals surface area contributed by atoms with Crippen LogP contribution in [-0.2, 0) is 6.54 Å². The number of rotatable bonds is 7. The molecular formula is C14H19F2NO. The molecule has 18 heavy (non-hydrogen) atoms. The monoisotopic (exact) mass is 255 g/mol. The first-order valence-corrected chi connectivity index (χ1v) is 5.84. The van der Waals surface area contributed by atoms with E-state index in [2.05, 4.69) is 16.2 Å². The van der Waals surface area contributed by atoms with Crippen molar-refractivity contribution < 1.29 is 13.5 Å². The maximum absolute atomic E-state index is 12.0. The zero-order valence-electron chi connectivity index (χ0n) is 10.8. The van der Waals surface area contributed by atoms with Crippen molar-refractivity contribution in [1.29, 1.82) is 0 Å².